The molecule has 0 aliphatic carbocycles. The molecule has 1 aliphatic rings. The molecule has 5 N–H and O–H groups in total. The number of carbonyl (C=O) groups is 2. The van der Waals surface area contributed by atoms with Crippen LogP contribution in [0.4, 0.5) is 5.69 Å². The molecule has 1 aromatic heterocycles. The highest BCUT2D eigenvalue weighted by Crippen LogP contribution is 2.22. The Kier molecular flexibility index (Phi) is 8.23. The Morgan fingerprint density at radius 2 is 1.74 bits per heavy atom. The maximum atomic E-state index is 13.5. The molecule has 2 heterocycles. The SMILES string of the molecule is CC(C)(N)C(=O)NC(Cc1c[nH]c2ccccc12)C(=O)N1CCC(Nc2ccccc2)CC1.Cl. The number of rotatable bonds is 7. The van der Waals surface area contributed by atoms with E-state index in [-0.39, 0.29) is 24.2 Å². The Morgan fingerprint density at radius 3 is 2.41 bits per heavy atom. The number of likely N-dealkylation sites (tertiary alicyclic amines) is 1. The lowest BCUT2D eigenvalue weighted by Crippen LogP contribution is -2.58. The molecule has 2 aromatic carbocycles. The maximum Gasteiger partial charge on any atom is 0.245 e. The van der Waals surface area contributed by atoms with E-state index in [2.05, 4.69) is 27.8 Å². The molecule has 1 fully saturated rings. The fraction of sp³-hybridized carbons (Fsp3) is 0.385. The zero-order valence-electron chi connectivity index (χ0n) is 19.7. The minimum absolute atomic E-state index is 0. The molecule has 0 radical (unpaired) electrons. The van der Waals surface area contributed by atoms with Crippen LogP contribution in [0.1, 0.15) is 32.3 Å². The fourth-order valence-electron chi connectivity index (χ4n) is 4.30. The normalized spacial score (nSPS) is 15.4. The quantitative estimate of drug-likeness (QED) is 0.413. The molecule has 1 unspecified atom stereocenters. The summed E-state index contributed by atoms with van der Waals surface area (Å²) in [6.45, 7) is 4.60. The Balaban J connectivity index is 0.00000324. The third-order valence-corrected chi connectivity index (χ3v) is 6.24. The zero-order valence-corrected chi connectivity index (χ0v) is 20.5. The lowest BCUT2D eigenvalue weighted by atomic mass is 9.99. The van der Waals surface area contributed by atoms with Gasteiger partial charge < -0.3 is 26.3 Å². The first kappa shape index (κ1) is 25.6. The number of nitrogens with two attached hydrogens (primary N) is 1. The lowest BCUT2D eigenvalue weighted by molar-refractivity contribution is -0.138. The second-order valence-electron chi connectivity index (χ2n) is 9.42. The number of piperidine rings is 1. The number of carbonyl (C=O) groups excluding carboxylic acids is 2. The van der Waals surface area contributed by atoms with Crippen LogP contribution in [0, 0.1) is 0 Å². The monoisotopic (exact) mass is 483 g/mol. The van der Waals surface area contributed by atoms with Crippen LogP contribution in [-0.2, 0) is 16.0 Å². The van der Waals surface area contributed by atoms with Gasteiger partial charge in [-0.2, -0.15) is 0 Å². The van der Waals surface area contributed by atoms with Crippen molar-refractivity contribution >= 4 is 40.8 Å². The Morgan fingerprint density at radius 1 is 1.09 bits per heavy atom. The van der Waals surface area contributed by atoms with E-state index in [1.54, 1.807) is 13.8 Å². The predicted octanol–water partition coefficient (Wildman–Crippen LogP) is 3.46. The molecule has 0 spiro atoms. The largest absolute Gasteiger partial charge is 0.382 e. The van der Waals surface area contributed by atoms with Crippen LogP contribution in [-0.4, -0.2) is 52.4 Å². The number of nitrogens with zero attached hydrogens (tertiary/aromatic N) is 1. The smallest absolute Gasteiger partial charge is 0.245 e. The number of amides is 2. The van der Waals surface area contributed by atoms with Gasteiger partial charge in [-0.1, -0.05) is 36.4 Å². The highest BCUT2D eigenvalue weighted by atomic mass is 35.5. The first-order valence-corrected chi connectivity index (χ1v) is 11.6. The third kappa shape index (κ3) is 6.10. The summed E-state index contributed by atoms with van der Waals surface area (Å²) in [6, 6.07) is 17.8. The minimum Gasteiger partial charge on any atom is -0.382 e. The van der Waals surface area contributed by atoms with Gasteiger partial charge >= 0.3 is 0 Å². The molecule has 1 aliphatic heterocycles. The summed E-state index contributed by atoms with van der Waals surface area (Å²) >= 11 is 0. The van der Waals surface area contributed by atoms with Gasteiger partial charge in [-0.3, -0.25) is 9.59 Å². The van der Waals surface area contributed by atoms with Gasteiger partial charge in [-0.25, -0.2) is 0 Å². The van der Waals surface area contributed by atoms with Crippen molar-refractivity contribution in [2.75, 3.05) is 18.4 Å². The molecule has 3 aromatic rings. The van der Waals surface area contributed by atoms with Gasteiger partial charge in [0.2, 0.25) is 11.8 Å². The highest BCUT2D eigenvalue weighted by Gasteiger charge is 2.33. The number of benzene rings is 2. The number of para-hydroxylation sites is 2. The first-order chi connectivity index (χ1) is 15.8. The molecule has 4 rings (SSSR count). The molecule has 2 amide bonds. The van der Waals surface area contributed by atoms with Crippen molar-refractivity contribution in [2.24, 2.45) is 5.73 Å². The minimum atomic E-state index is -1.06. The summed E-state index contributed by atoms with van der Waals surface area (Å²) in [5.74, 6) is -0.391. The molecule has 0 bridgehead atoms. The van der Waals surface area contributed by atoms with E-state index in [4.69, 9.17) is 5.73 Å². The average molecular weight is 484 g/mol. The van der Waals surface area contributed by atoms with E-state index in [1.165, 1.54) is 0 Å². The summed E-state index contributed by atoms with van der Waals surface area (Å²) < 4.78 is 0. The highest BCUT2D eigenvalue weighted by molar-refractivity contribution is 5.92. The molecule has 1 saturated heterocycles. The number of halogens is 1. The maximum absolute atomic E-state index is 13.5. The van der Waals surface area contributed by atoms with Gasteiger partial charge in [0.15, 0.2) is 0 Å². The van der Waals surface area contributed by atoms with E-state index in [0.29, 0.717) is 25.6 Å². The number of anilines is 1. The Hall–Kier alpha value is -3.03. The van der Waals surface area contributed by atoms with Gasteiger partial charge in [0.05, 0.1) is 5.54 Å². The van der Waals surface area contributed by atoms with E-state index in [9.17, 15) is 9.59 Å². The second kappa shape index (κ2) is 10.9. The van der Waals surface area contributed by atoms with Crippen molar-refractivity contribution < 1.29 is 9.59 Å². The van der Waals surface area contributed by atoms with Crippen molar-refractivity contribution in [3.63, 3.8) is 0 Å². The topological polar surface area (TPSA) is 103 Å². The van der Waals surface area contributed by atoms with Crippen LogP contribution < -0.4 is 16.4 Å². The number of aromatic amines is 1. The number of H-pyrrole nitrogens is 1. The average Bonchev–Trinajstić information content (AvgIpc) is 3.21. The molecular weight excluding hydrogens is 450 g/mol. The molecule has 182 valence electrons. The van der Waals surface area contributed by atoms with Crippen molar-refractivity contribution in [3.05, 3.63) is 66.4 Å². The van der Waals surface area contributed by atoms with Crippen LogP contribution >= 0.6 is 12.4 Å². The summed E-state index contributed by atoms with van der Waals surface area (Å²) in [4.78, 5) is 31.3. The zero-order chi connectivity index (χ0) is 23.4. The number of aromatic nitrogens is 1. The summed E-state index contributed by atoms with van der Waals surface area (Å²) in [5, 5.41) is 7.53. The van der Waals surface area contributed by atoms with Crippen LogP contribution in [0.25, 0.3) is 10.9 Å². The predicted molar refractivity (Wildman–Crippen MR) is 139 cm³/mol. The van der Waals surface area contributed by atoms with Gasteiger partial charge in [-0.15, -0.1) is 12.4 Å². The van der Waals surface area contributed by atoms with E-state index < -0.39 is 11.6 Å². The number of fused-ring (bicyclic) bond motifs is 1. The van der Waals surface area contributed by atoms with Gasteiger partial charge in [-0.05, 0) is 50.5 Å². The molecule has 34 heavy (non-hydrogen) atoms. The molecule has 8 heteroatoms. The third-order valence-electron chi connectivity index (χ3n) is 6.24. The summed E-state index contributed by atoms with van der Waals surface area (Å²) in [7, 11) is 0. The van der Waals surface area contributed by atoms with Crippen LogP contribution in [0.2, 0.25) is 0 Å². The van der Waals surface area contributed by atoms with Gasteiger partial charge in [0.1, 0.15) is 6.04 Å². The Labute approximate surface area is 206 Å². The summed E-state index contributed by atoms with van der Waals surface area (Å²) in [6.07, 6.45) is 4.04. The summed E-state index contributed by atoms with van der Waals surface area (Å²) in [5.41, 5.74) is 8.05. The van der Waals surface area contributed by atoms with E-state index in [1.807, 2.05) is 53.6 Å². The molecule has 1 atom stereocenters. The first-order valence-electron chi connectivity index (χ1n) is 11.6. The van der Waals surface area contributed by atoms with Crippen molar-refractivity contribution in [2.45, 2.75) is 50.7 Å². The number of hydrogen-bond donors (Lipinski definition) is 4. The van der Waals surface area contributed by atoms with Crippen LogP contribution in [0.5, 0.6) is 0 Å². The Bertz CT molecular complexity index is 1100. The number of hydrogen-bond acceptors (Lipinski definition) is 4. The molecule has 7 nitrogen and oxygen atoms in total. The standard InChI is InChI=1S/C26H33N5O2.ClH/c1-26(2,27)25(33)30-23(16-18-17-28-22-11-7-6-10-21(18)22)24(32)31-14-12-20(13-15-31)29-19-8-4-3-5-9-19;/h3-11,17,20,23,28-29H,12-16,27H2,1-2H3,(H,30,33);1H. The number of nitrogens with one attached hydrogen (secondary N) is 3. The van der Waals surface area contributed by atoms with Gasteiger partial charge in [0.25, 0.3) is 0 Å². The molecule has 0 saturated carbocycles. The second-order valence-corrected chi connectivity index (χ2v) is 9.42. The van der Waals surface area contributed by atoms with Crippen molar-refractivity contribution in [3.8, 4) is 0 Å². The van der Waals surface area contributed by atoms with Crippen molar-refractivity contribution in [1.82, 2.24) is 15.2 Å². The molecular formula is C26H34ClN5O2. The van der Waals surface area contributed by atoms with Crippen LogP contribution in [0.15, 0.2) is 60.8 Å². The van der Waals surface area contributed by atoms with E-state index in [0.717, 1.165) is 35.0 Å². The van der Waals surface area contributed by atoms with E-state index >= 15 is 0 Å². The van der Waals surface area contributed by atoms with Gasteiger partial charge in [0, 0.05) is 48.3 Å². The van der Waals surface area contributed by atoms with Crippen LogP contribution in [0.3, 0.4) is 0 Å². The fourth-order valence-corrected chi connectivity index (χ4v) is 4.30. The van der Waals surface area contributed by atoms with Crippen molar-refractivity contribution in [1.29, 1.82) is 0 Å². The lowest BCUT2D eigenvalue weighted by Gasteiger charge is -2.35.